The third-order valence-corrected chi connectivity index (χ3v) is 5.32. The van der Waals surface area contributed by atoms with Crippen LogP contribution in [-0.2, 0) is 0 Å². The zero-order valence-corrected chi connectivity index (χ0v) is 14.4. The fraction of sp³-hybridized carbons (Fsp3) is 0.263. The molecule has 0 bridgehead atoms. The van der Waals surface area contributed by atoms with E-state index in [4.69, 9.17) is 16.3 Å². The molecule has 0 saturated heterocycles. The maximum atomic E-state index is 11.4. The number of fused-ring (bicyclic) bond motifs is 3. The standard InChI is InChI=1S/C19H17ClN2O3/c1-25-18-8-5-11(9-17(18)22(23)24)19-14-4-2-3-13(14)15-10-12(20)6-7-16(15)21-19/h2-3,5-10,13-14,19,21H,4H2,1H3/t13?,14?,19-/m1/s1. The number of nitrogens with one attached hydrogen (secondary N) is 1. The lowest BCUT2D eigenvalue weighted by Crippen LogP contribution is -2.29. The topological polar surface area (TPSA) is 64.4 Å². The fourth-order valence-corrected chi connectivity index (χ4v) is 4.12. The van der Waals surface area contributed by atoms with Crippen molar-refractivity contribution in [3.05, 3.63) is 74.8 Å². The molecule has 1 aliphatic carbocycles. The van der Waals surface area contributed by atoms with Crippen molar-refractivity contribution in [1.82, 2.24) is 0 Å². The van der Waals surface area contributed by atoms with Crippen molar-refractivity contribution in [2.75, 3.05) is 12.4 Å². The molecule has 1 heterocycles. The molecule has 0 aromatic heterocycles. The first-order valence-electron chi connectivity index (χ1n) is 8.13. The van der Waals surface area contributed by atoms with Gasteiger partial charge in [0.2, 0.25) is 0 Å². The Bertz CT molecular complexity index is 881. The van der Waals surface area contributed by atoms with Gasteiger partial charge >= 0.3 is 5.69 Å². The highest BCUT2D eigenvalue weighted by molar-refractivity contribution is 6.30. The molecule has 2 unspecified atom stereocenters. The van der Waals surface area contributed by atoms with Crippen LogP contribution < -0.4 is 10.1 Å². The van der Waals surface area contributed by atoms with Crippen molar-refractivity contribution in [2.24, 2.45) is 5.92 Å². The molecule has 4 rings (SSSR count). The number of hydrogen-bond acceptors (Lipinski definition) is 4. The van der Waals surface area contributed by atoms with E-state index >= 15 is 0 Å². The van der Waals surface area contributed by atoms with Gasteiger partial charge in [0, 0.05) is 22.7 Å². The van der Waals surface area contributed by atoms with Crippen molar-refractivity contribution >= 4 is 23.0 Å². The molecule has 2 aromatic rings. The number of hydrogen-bond donors (Lipinski definition) is 1. The van der Waals surface area contributed by atoms with Gasteiger partial charge in [-0.15, -0.1) is 0 Å². The monoisotopic (exact) mass is 356 g/mol. The fourth-order valence-electron chi connectivity index (χ4n) is 3.94. The average Bonchev–Trinajstić information content (AvgIpc) is 3.10. The average molecular weight is 357 g/mol. The molecule has 0 radical (unpaired) electrons. The van der Waals surface area contributed by atoms with E-state index in [2.05, 4.69) is 17.5 Å². The molecule has 2 aromatic carbocycles. The van der Waals surface area contributed by atoms with Gasteiger partial charge < -0.3 is 10.1 Å². The molecule has 128 valence electrons. The Morgan fingerprint density at radius 2 is 2.12 bits per heavy atom. The normalized spacial score (nSPS) is 23.5. The molecular weight excluding hydrogens is 340 g/mol. The maximum Gasteiger partial charge on any atom is 0.311 e. The van der Waals surface area contributed by atoms with E-state index in [1.54, 1.807) is 12.1 Å². The van der Waals surface area contributed by atoms with Crippen LogP contribution in [0.25, 0.3) is 0 Å². The number of nitrogens with zero attached hydrogens (tertiary/aromatic N) is 1. The molecule has 25 heavy (non-hydrogen) atoms. The molecule has 0 spiro atoms. The lowest BCUT2D eigenvalue weighted by atomic mass is 9.77. The quantitative estimate of drug-likeness (QED) is 0.473. The molecule has 0 amide bonds. The second-order valence-corrected chi connectivity index (χ2v) is 6.83. The van der Waals surface area contributed by atoms with Crippen LogP contribution in [0.1, 0.15) is 29.5 Å². The summed E-state index contributed by atoms with van der Waals surface area (Å²) in [6.45, 7) is 0. The van der Waals surface area contributed by atoms with Crippen LogP contribution in [0, 0.1) is 16.0 Å². The second-order valence-electron chi connectivity index (χ2n) is 6.40. The number of benzene rings is 2. The largest absolute Gasteiger partial charge is 0.490 e. The van der Waals surface area contributed by atoms with E-state index < -0.39 is 4.92 Å². The van der Waals surface area contributed by atoms with Crippen molar-refractivity contribution in [2.45, 2.75) is 18.4 Å². The van der Waals surface area contributed by atoms with Gasteiger partial charge in [-0.25, -0.2) is 0 Å². The number of nitro groups is 1. The molecule has 0 fully saturated rings. The van der Waals surface area contributed by atoms with Gasteiger partial charge in [0.05, 0.1) is 18.1 Å². The predicted octanol–water partition coefficient (Wildman–Crippen LogP) is 5.08. The van der Waals surface area contributed by atoms with E-state index in [1.165, 1.54) is 12.7 Å². The summed E-state index contributed by atoms with van der Waals surface area (Å²) in [6, 6.07) is 11.0. The first-order valence-corrected chi connectivity index (χ1v) is 8.51. The molecule has 2 aliphatic rings. The predicted molar refractivity (Wildman–Crippen MR) is 97.5 cm³/mol. The molecule has 3 atom stereocenters. The summed E-state index contributed by atoms with van der Waals surface area (Å²) < 4.78 is 5.12. The maximum absolute atomic E-state index is 11.4. The Morgan fingerprint density at radius 3 is 2.88 bits per heavy atom. The van der Waals surface area contributed by atoms with E-state index in [-0.39, 0.29) is 23.4 Å². The number of nitro benzene ring substituents is 1. The van der Waals surface area contributed by atoms with Crippen LogP contribution >= 0.6 is 11.6 Å². The minimum atomic E-state index is -0.400. The third kappa shape index (κ3) is 2.65. The van der Waals surface area contributed by atoms with Gasteiger partial charge in [-0.2, -0.15) is 0 Å². The Balaban J connectivity index is 1.78. The van der Waals surface area contributed by atoms with Gasteiger partial charge in [-0.3, -0.25) is 10.1 Å². The number of methoxy groups -OCH3 is 1. The molecule has 1 N–H and O–H groups in total. The highest BCUT2D eigenvalue weighted by Crippen LogP contribution is 2.50. The number of rotatable bonds is 3. The van der Waals surface area contributed by atoms with E-state index in [0.29, 0.717) is 5.92 Å². The minimum absolute atomic E-state index is 0.00159. The summed E-state index contributed by atoms with van der Waals surface area (Å²) >= 11 is 6.17. The van der Waals surface area contributed by atoms with Crippen LogP contribution in [0.4, 0.5) is 11.4 Å². The van der Waals surface area contributed by atoms with Gasteiger partial charge in [0.25, 0.3) is 0 Å². The summed E-state index contributed by atoms with van der Waals surface area (Å²) in [5, 5.41) is 15.6. The Morgan fingerprint density at radius 1 is 1.28 bits per heavy atom. The number of halogens is 1. The van der Waals surface area contributed by atoms with Gasteiger partial charge in [-0.1, -0.05) is 29.8 Å². The molecule has 0 saturated carbocycles. The van der Waals surface area contributed by atoms with Crippen molar-refractivity contribution in [3.63, 3.8) is 0 Å². The smallest absolute Gasteiger partial charge is 0.311 e. The SMILES string of the molecule is COc1ccc([C@H]2Nc3ccc(Cl)cc3C3C=CCC32)cc1[N+](=O)[O-]. The van der Waals surface area contributed by atoms with Crippen LogP contribution in [0.5, 0.6) is 5.75 Å². The first kappa shape index (κ1) is 16.0. The van der Waals surface area contributed by atoms with Crippen molar-refractivity contribution < 1.29 is 9.66 Å². The summed E-state index contributed by atoms with van der Waals surface area (Å²) in [7, 11) is 1.44. The molecule has 6 heteroatoms. The zero-order valence-electron chi connectivity index (χ0n) is 13.6. The van der Waals surface area contributed by atoms with Crippen molar-refractivity contribution in [3.8, 4) is 5.75 Å². The summed E-state index contributed by atoms with van der Waals surface area (Å²) in [6.07, 6.45) is 5.32. The Hall–Kier alpha value is -2.53. The van der Waals surface area contributed by atoms with Gasteiger partial charge in [0.15, 0.2) is 5.75 Å². The van der Waals surface area contributed by atoms with E-state index in [9.17, 15) is 10.1 Å². The lowest BCUT2D eigenvalue weighted by Gasteiger charge is -2.37. The summed E-state index contributed by atoms with van der Waals surface area (Å²) in [4.78, 5) is 11.0. The first-order chi connectivity index (χ1) is 12.1. The van der Waals surface area contributed by atoms with E-state index in [1.807, 2.05) is 24.3 Å². The summed E-state index contributed by atoms with van der Waals surface area (Å²) in [5.41, 5.74) is 3.10. The Kier molecular flexibility index (Phi) is 3.88. The minimum Gasteiger partial charge on any atom is -0.490 e. The number of anilines is 1. The number of ether oxygens (including phenoxy) is 1. The van der Waals surface area contributed by atoms with Gasteiger partial charge in [0.1, 0.15) is 0 Å². The van der Waals surface area contributed by atoms with Crippen LogP contribution in [0.3, 0.4) is 0 Å². The molecular formula is C19H17ClN2O3. The van der Waals surface area contributed by atoms with E-state index in [0.717, 1.165) is 22.7 Å². The van der Waals surface area contributed by atoms with Crippen molar-refractivity contribution in [1.29, 1.82) is 0 Å². The lowest BCUT2D eigenvalue weighted by molar-refractivity contribution is -0.385. The highest BCUT2D eigenvalue weighted by Gasteiger charge is 2.38. The van der Waals surface area contributed by atoms with Crippen LogP contribution in [0.2, 0.25) is 5.02 Å². The van der Waals surface area contributed by atoms with Crippen LogP contribution in [-0.4, -0.2) is 12.0 Å². The molecule has 5 nitrogen and oxygen atoms in total. The second kappa shape index (κ2) is 6.08. The summed E-state index contributed by atoms with van der Waals surface area (Å²) in [5.74, 6) is 0.845. The Labute approximate surface area is 150 Å². The highest BCUT2D eigenvalue weighted by atomic mass is 35.5. The number of allylic oxidation sites excluding steroid dienone is 2. The van der Waals surface area contributed by atoms with Gasteiger partial charge in [-0.05, 0) is 47.7 Å². The van der Waals surface area contributed by atoms with Crippen LogP contribution in [0.15, 0.2) is 48.6 Å². The molecule has 1 aliphatic heterocycles. The third-order valence-electron chi connectivity index (χ3n) is 5.08. The zero-order chi connectivity index (χ0) is 17.6.